The van der Waals surface area contributed by atoms with Crippen molar-refractivity contribution in [1.82, 2.24) is 5.32 Å². The van der Waals surface area contributed by atoms with Crippen LogP contribution < -0.4 is 10.6 Å². The number of carboxylic acid groups (broad SMARTS) is 1. The molecule has 2 amide bonds. The summed E-state index contributed by atoms with van der Waals surface area (Å²) < 4.78 is 26.8. The molecule has 1 aliphatic carbocycles. The van der Waals surface area contributed by atoms with Crippen LogP contribution in [0.2, 0.25) is 0 Å². The van der Waals surface area contributed by atoms with E-state index in [0.717, 1.165) is 31.7 Å². The Morgan fingerprint density at radius 3 is 2.38 bits per heavy atom. The second kappa shape index (κ2) is 5.67. The van der Waals surface area contributed by atoms with Crippen molar-refractivity contribution in [1.29, 1.82) is 0 Å². The van der Waals surface area contributed by atoms with Gasteiger partial charge < -0.3 is 15.7 Å². The lowest BCUT2D eigenvalue weighted by Crippen LogP contribution is -2.45. The summed E-state index contributed by atoms with van der Waals surface area (Å²) in [6.07, 6.45) is 3.66. The summed E-state index contributed by atoms with van der Waals surface area (Å²) in [7, 11) is 0. The molecular formula is C14H16F2N2O3. The third kappa shape index (κ3) is 3.48. The minimum Gasteiger partial charge on any atom is -0.478 e. The van der Waals surface area contributed by atoms with Gasteiger partial charge in [0.15, 0.2) is 0 Å². The van der Waals surface area contributed by atoms with Crippen LogP contribution >= 0.6 is 0 Å². The summed E-state index contributed by atoms with van der Waals surface area (Å²) in [6.45, 7) is 1.89. The Morgan fingerprint density at radius 2 is 1.81 bits per heavy atom. The van der Waals surface area contributed by atoms with Crippen LogP contribution in [-0.4, -0.2) is 22.6 Å². The van der Waals surface area contributed by atoms with Crippen LogP contribution in [0.3, 0.4) is 0 Å². The van der Waals surface area contributed by atoms with Crippen LogP contribution in [0.1, 0.15) is 43.0 Å². The molecule has 3 N–H and O–H groups in total. The van der Waals surface area contributed by atoms with Gasteiger partial charge in [0.05, 0.1) is 11.3 Å². The molecule has 0 aliphatic heterocycles. The van der Waals surface area contributed by atoms with Crippen molar-refractivity contribution in [3.8, 4) is 0 Å². The van der Waals surface area contributed by atoms with E-state index in [4.69, 9.17) is 5.11 Å². The van der Waals surface area contributed by atoms with Gasteiger partial charge >= 0.3 is 12.0 Å². The number of carboxylic acids is 1. The van der Waals surface area contributed by atoms with Gasteiger partial charge in [-0.15, -0.1) is 0 Å². The summed E-state index contributed by atoms with van der Waals surface area (Å²) in [4.78, 5) is 22.7. The monoisotopic (exact) mass is 298 g/mol. The number of halogens is 2. The van der Waals surface area contributed by atoms with Gasteiger partial charge in [0.2, 0.25) is 0 Å². The first-order valence-electron chi connectivity index (χ1n) is 6.62. The molecule has 7 heteroatoms. The fourth-order valence-electron chi connectivity index (χ4n) is 2.52. The Balaban J connectivity index is 2.13. The Hall–Kier alpha value is -2.18. The molecule has 21 heavy (non-hydrogen) atoms. The molecule has 1 aromatic rings. The zero-order valence-electron chi connectivity index (χ0n) is 11.5. The molecule has 1 aliphatic rings. The Kier molecular flexibility index (Phi) is 4.11. The molecule has 0 radical (unpaired) electrons. The van der Waals surface area contributed by atoms with Gasteiger partial charge in [-0.3, -0.25) is 0 Å². The minimum absolute atomic E-state index is 0.351. The van der Waals surface area contributed by atoms with E-state index < -0.39 is 29.2 Å². The molecule has 0 saturated heterocycles. The van der Waals surface area contributed by atoms with Gasteiger partial charge in [0.25, 0.3) is 0 Å². The number of carbonyl (C=O) groups is 2. The maximum absolute atomic E-state index is 13.6. The van der Waals surface area contributed by atoms with E-state index in [1.165, 1.54) is 0 Å². The van der Waals surface area contributed by atoms with E-state index in [1.807, 2.05) is 6.92 Å². The molecule has 0 spiro atoms. The summed E-state index contributed by atoms with van der Waals surface area (Å²) in [5.74, 6) is -3.74. The molecule has 1 aromatic carbocycles. The number of aromatic carboxylic acids is 1. The number of benzene rings is 1. The predicted molar refractivity (Wildman–Crippen MR) is 72.3 cm³/mol. The molecule has 0 atom stereocenters. The van der Waals surface area contributed by atoms with Crippen molar-refractivity contribution in [3.05, 3.63) is 29.3 Å². The van der Waals surface area contributed by atoms with Crippen molar-refractivity contribution < 1.29 is 23.5 Å². The minimum atomic E-state index is -1.53. The first kappa shape index (κ1) is 15.2. The summed E-state index contributed by atoms with van der Waals surface area (Å²) >= 11 is 0. The van der Waals surface area contributed by atoms with E-state index in [9.17, 15) is 18.4 Å². The summed E-state index contributed by atoms with van der Waals surface area (Å²) in [6, 6.07) is 0.571. The first-order valence-corrected chi connectivity index (χ1v) is 6.62. The van der Waals surface area contributed by atoms with Gasteiger partial charge in [0, 0.05) is 11.6 Å². The number of nitrogens with one attached hydrogen (secondary N) is 2. The number of anilines is 1. The molecule has 5 nitrogen and oxygen atoms in total. The number of carbonyl (C=O) groups excluding carboxylic acids is 1. The van der Waals surface area contributed by atoms with Gasteiger partial charge in [-0.1, -0.05) is 12.8 Å². The van der Waals surface area contributed by atoms with Gasteiger partial charge in [-0.05, 0) is 25.8 Å². The maximum atomic E-state index is 13.6. The maximum Gasteiger partial charge on any atom is 0.338 e. The first-order chi connectivity index (χ1) is 9.81. The number of rotatable bonds is 3. The molecular weight excluding hydrogens is 282 g/mol. The highest BCUT2D eigenvalue weighted by atomic mass is 19.1. The highest BCUT2D eigenvalue weighted by Gasteiger charge is 2.30. The lowest BCUT2D eigenvalue weighted by molar-refractivity contribution is 0.0691. The highest BCUT2D eigenvalue weighted by molar-refractivity contribution is 5.93. The van der Waals surface area contributed by atoms with Crippen molar-refractivity contribution in [2.24, 2.45) is 0 Å². The Labute approximate surface area is 120 Å². The van der Waals surface area contributed by atoms with Crippen molar-refractivity contribution in [3.63, 3.8) is 0 Å². The number of hydrogen-bond donors (Lipinski definition) is 3. The summed E-state index contributed by atoms with van der Waals surface area (Å²) in [5, 5.41) is 13.8. The van der Waals surface area contributed by atoms with Crippen LogP contribution in [0.4, 0.5) is 19.3 Å². The lowest BCUT2D eigenvalue weighted by atomic mass is 10.0. The van der Waals surface area contributed by atoms with Crippen LogP contribution in [-0.2, 0) is 0 Å². The van der Waals surface area contributed by atoms with E-state index in [0.29, 0.717) is 6.07 Å². The molecule has 0 aromatic heterocycles. The average Bonchev–Trinajstić information content (AvgIpc) is 2.78. The van der Waals surface area contributed by atoms with E-state index in [-0.39, 0.29) is 11.2 Å². The number of amides is 2. The average molecular weight is 298 g/mol. The van der Waals surface area contributed by atoms with E-state index in [1.54, 1.807) is 0 Å². The fourth-order valence-corrected chi connectivity index (χ4v) is 2.52. The number of urea groups is 1. The Bertz CT molecular complexity index is 584. The van der Waals surface area contributed by atoms with Crippen LogP contribution in [0.25, 0.3) is 0 Å². The molecule has 0 heterocycles. The second-order valence-electron chi connectivity index (χ2n) is 5.46. The lowest BCUT2D eigenvalue weighted by Gasteiger charge is -2.25. The van der Waals surface area contributed by atoms with Crippen molar-refractivity contribution >= 4 is 17.7 Å². The smallest absolute Gasteiger partial charge is 0.338 e. The van der Waals surface area contributed by atoms with Crippen molar-refractivity contribution in [2.75, 3.05) is 5.32 Å². The third-order valence-electron chi connectivity index (χ3n) is 3.66. The zero-order valence-corrected chi connectivity index (χ0v) is 11.5. The molecule has 2 rings (SSSR count). The quantitative estimate of drug-likeness (QED) is 0.802. The van der Waals surface area contributed by atoms with Gasteiger partial charge in [-0.25, -0.2) is 18.4 Å². The van der Waals surface area contributed by atoms with Crippen LogP contribution in [0.15, 0.2) is 12.1 Å². The topological polar surface area (TPSA) is 78.4 Å². The van der Waals surface area contributed by atoms with E-state index in [2.05, 4.69) is 10.6 Å². The zero-order chi connectivity index (χ0) is 15.6. The SMILES string of the molecule is CC1(NC(=O)Nc2cc(C(=O)O)c(F)cc2F)CCCC1. The second-order valence-corrected chi connectivity index (χ2v) is 5.46. The molecule has 114 valence electrons. The normalized spacial score (nSPS) is 16.5. The summed E-state index contributed by atoms with van der Waals surface area (Å²) in [5.41, 5.74) is -1.41. The third-order valence-corrected chi connectivity index (χ3v) is 3.66. The van der Waals surface area contributed by atoms with Gasteiger partial charge in [-0.2, -0.15) is 0 Å². The fraction of sp³-hybridized carbons (Fsp3) is 0.429. The number of hydrogen-bond acceptors (Lipinski definition) is 2. The standard InChI is InChI=1S/C14H16F2N2O3/c1-14(4-2-3-5-14)18-13(21)17-11-6-8(12(19)20)9(15)7-10(11)16/h6-7H,2-5H2,1H3,(H,19,20)(H2,17,18,21). The van der Waals surface area contributed by atoms with Gasteiger partial charge in [0.1, 0.15) is 11.6 Å². The predicted octanol–water partition coefficient (Wildman–Crippen LogP) is 3.12. The van der Waals surface area contributed by atoms with Crippen LogP contribution in [0.5, 0.6) is 0 Å². The molecule has 1 fully saturated rings. The highest BCUT2D eigenvalue weighted by Crippen LogP contribution is 2.29. The molecule has 0 unspecified atom stereocenters. The molecule has 0 bridgehead atoms. The van der Waals surface area contributed by atoms with Crippen LogP contribution in [0, 0.1) is 11.6 Å². The largest absolute Gasteiger partial charge is 0.478 e. The van der Waals surface area contributed by atoms with E-state index >= 15 is 0 Å². The van der Waals surface area contributed by atoms with Crippen molar-refractivity contribution in [2.45, 2.75) is 38.1 Å². The Morgan fingerprint density at radius 1 is 1.19 bits per heavy atom. The molecule has 1 saturated carbocycles.